The summed E-state index contributed by atoms with van der Waals surface area (Å²) in [7, 11) is 0. The first-order valence-corrected chi connectivity index (χ1v) is 4.36. The van der Waals surface area contributed by atoms with Crippen molar-refractivity contribution < 1.29 is 27.8 Å². The van der Waals surface area contributed by atoms with Crippen molar-refractivity contribution in [3.8, 4) is 11.5 Å². The SMILES string of the molecule is O=Cc1cc(OC(F)(F)F)c(Br)cc1O. The van der Waals surface area contributed by atoms with Crippen LogP contribution < -0.4 is 4.74 Å². The van der Waals surface area contributed by atoms with Crippen LogP contribution in [0.4, 0.5) is 13.2 Å². The van der Waals surface area contributed by atoms with E-state index in [4.69, 9.17) is 5.11 Å². The number of aromatic hydroxyl groups is 1. The molecule has 0 heterocycles. The Morgan fingerprint density at radius 2 is 2.00 bits per heavy atom. The van der Waals surface area contributed by atoms with Gasteiger partial charge in [0.2, 0.25) is 0 Å². The minimum Gasteiger partial charge on any atom is -0.507 e. The van der Waals surface area contributed by atoms with Gasteiger partial charge in [0.15, 0.2) is 6.29 Å². The Bertz CT molecular complexity index is 389. The van der Waals surface area contributed by atoms with Crippen LogP contribution in [-0.2, 0) is 0 Å². The van der Waals surface area contributed by atoms with Crippen LogP contribution in [0.5, 0.6) is 11.5 Å². The average Bonchev–Trinajstić information content (AvgIpc) is 2.07. The second-order valence-electron chi connectivity index (χ2n) is 2.51. The van der Waals surface area contributed by atoms with Gasteiger partial charge in [-0.15, -0.1) is 13.2 Å². The van der Waals surface area contributed by atoms with Crippen molar-refractivity contribution in [2.75, 3.05) is 0 Å². The number of phenols is 1. The molecule has 0 spiro atoms. The smallest absolute Gasteiger partial charge is 0.507 e. The Morgan fingerprint density at radius 3 is 2.47 bits per heavy atom. The highest BCUT2D eigenvalue weighted by atomic mass is 79.9. The van der Waals surface area contributed by atoms with E-state index in [1.54, 1.807) is 0 Å². The number of phenolic OH excluding ortho intramolecular Hbond substituents is 1. The maximum atomic E-state index is 11.9. The number of hydrogen-bond acceptors (Lipinski definition) is 3. The van der Waals surface area contributed by atoms with E-state index in [2.05, 4.69) is 20.7 Å². The number of ether oxygens (including phenoxy) is 1. The standard InChI is InChI=1S/C8H4BrF3O3/c9-5-2-6(14)4(3-13)1-7(5)15-8(10,11)12/h1-3,14H. The summed E-state index contributed by atoms with van der Waals surface area (Å²) >= 11 is 2.76. The van der Waals surface area contributed by atoms with E-state index in [1.165, 1.54) is 0 Å². The van der Waals surface area contributed by atoms with Gasteiger partial charge >= 0.3 is 6.36 Å². The molecule has 15 heavy (non-hydrogen) atoms. The molecule has 1 N–H and O–H groups in total. The molecular formula is C8H4BrF3O3. The summed E-state index contributed by atoms with van der Waals surface area (Å²) in [6, 6.07) is 1.74. The molecule has 7 heteroatoms. The number of benzene rings is 1. The van der Waals surface area contributed by atoms with E-state index in [-0.39, 0.29) is 16.3 Å². The van der Waals surface area contributed by atoms with Crippen LogP contribution in [0.25, 0.3) is 0 Å². The van der Waals surface area contributed by atoms with E-state index in [0.29, 0.717) is 0 Å². The summed E-state index contributed by atoms with van der Waals surface area (Å²) in [6.45, 7) is 0. The van der Waals surface area contributed by atoms with E-state index < -0.39 is 17.9 Å². The fraction of sp³-hybridized carbons (Fsp3) is 0.125. The number of hydrogen-bond donors (Lipinski definition) is 1. The molecule has 0 aromatic heterocycles. The minimum absolute atomic E-state index is 0.0945. The zero-order chi connectivity index (χ0) is 11.6. The van der Waals surface area contributed by atoms with Crippen molar-refractivity contribution in [3.05, 3.63) is 22.2 Å². The van der Waals surface area contributed by atoms with Gasteiger partial charge in [0.25, 0.3) is 0 Å². The van der Waals surface area contributed by atoms with E-state index in [1.807, 2.05) is 0 Å². The second-order valence-corrected chi connectivity index (χ2v) is 3.36. The molecule has 3 nitrogen and oxygen atoms in total. The number of carbonyl (C=O) groups excluding carboxylic acids is 1. The molecule has 0 aliphatic carbocycles. The lowest BCUT2D eigenvalue weighted by molar-refractivity contribution is -0.274. The zero-order valence-electron chi connectivity index (χ0n) is 7.01. The van der Waals surface area contributed by atoms with Gasteiger partial charge in [0.1, 0.15) is 11.5 Å². The Kier molecular flexibility index (Phi) is 3.23. The molecule has 0 atom stereocenters. The monoisotopic (exact) mass is 284 g/mol. The Balaban J connectivity index is 3.13. The molecule has 0 unspecified atom stereocenters. The van der Waals surface area contributed by atoms with Gasteiger partial charge in [0.05, 0.1) is 10.0 Å². The first kappa shape index (κ1) is 11.8. The molecule has 0 fully saturated rings. The summed E-state index contributed by atoms with van der Waals surface area (Å²) in [4.78, 5) is 10.3. The lowest BCUT2D eigenvalue weighted by Crippen LogP contribution is -2.17. The molecule has 0 aliphatic heterocycles. The molecule has 0 saturated carbocycles. The predicted molar refractivity (Wildman–Crippen MR) is 47.9 cm³/mol. The fourth-order valence-electron chi connectivity index (χ4n) is 0.856. The van der Waals surface area contributed by atoms with Gasteiger partial charge < -0.3 is 9.84 Å². The van der Waals surface area contributed by atoms with E-state index in [0.717, 1.165) is 12.1 Å². The molecule has 1 aromatic rings. The molecule has 82 valence electrons. The Labute approximate surface area is 90.6 Å². The third-order valence-electron chi connectivity index (χ3n) is 1.43. The summed E-state index contributed by atoms with van der Waals surface area (Å²) < 4.78 is 39.1. The van der Waals surface area contributed by atoms with Crippen LogP contribution in [0.3, 0.4) is 0 Å². The Morgan fingerprint density at radius 1 is 1.40 bits per heavy atom. The first-order valence-electron chi connectivity index (χ1n) is 3.57. The molecule has 0 aliphatic rings. The van der Waals surface area contributed by atoms with Crippen molar-refractivity contribution in [1.29, 1.82) is 0 Å². The van der Waals surface area contributed by atoms with Crippen LogP contribution >= 0.6 is 15.9 Å². The molecule has 0 bridgehead atoms. The third kappa shape index (κ3) is 3.12. The largest absolute Gasteiger partial charge is 0.573 e. The van der Waals surface area contributed by atoms with Gasteiger partial charge in [-0.2, -0.15) is 0 Å². The lowest BCUT2D eigenvalue weighted by atomic mass is 10.2. The van der Waals surface area contributed by atoms with Gasteiger partial charge in [0, 0.05) is 0 Å². The third-order valence-corrected chi connectivity index (χ3v) is 2.05. The predicted octanol–water partition coefficient (Wildman–Crippen LogP) is 2.87. The number of carbonyl (C=O) groups is 1. The minimum atomic E-state index is -4.85. The van der Waals surface area contributed by atoms with E-state index >= 15 is 0 Å². The fourth-order valence-corrected chi connectivity index (χ4v) is 1.27. The highest BCUT2D eigenvalue weighted by Gasteiger charge is 2.32. The summed E-state index contributed by atoms with van der Waals surface area (Å²) in [5, 5.41) is 9.12. The molecule has 0 saturated heterocycles. The molecular weight excluding hydrogens is 281 g/mol. The van der Waals surface area contributed by atoms with Gasteiger partial charge in [-0.1, -0.05) is 0 Å². The maximum Gasteiger partial charge on any atom is 0.573 e. The zero-order valence-corrected chi connectivity index (χ0v) is 8.59. The number of halogens is 4. The van der Waals surface area contributed by atoms with Crippen LogP contribution in [0.2, 0.25) is 0 Å². The maximum absolute atomic E-state index is 11.9. The van der Waals surface area contributed by atoms with Crippen LogP contribution in [0.15, 0.2) is 16.6 Å². The molecule has 1 rings (SSSR count). The number of rotatable bonds is 2. The number of alkyl halides is 3. The van der Waals surface area contributed by atoms with Crippen LogP contribution in [0, 0.1) is 0 Å². The second kappa shape index (κ2) is 4.09. The quantitative estimate of drug-likeness (QED) is 0.850. The first-order chi connectivity index (χ1) is 6.83. The number of aldehydes is 1. The van der Waals surface area contributed by atoms with Gasteiger partial charge in [-0.3, -0.25) is 4.79 Å². The van der Waals surface area contributed by atoms with Crippen molar-refractivity contribution in [3.63, 3.8) is 0 Å². The van der Waals surface area contributed by atoms with Gasteiger partial charge in [-0.25, -0.2) is 0 Å². The average molecular weight is 285 g/mol. The summed E-state index contributed by atoms with van der Waals surface area (Å²) in [5.41, 5.74) is -0.280. The lowest BCUT2D eigenvalue weighted by Gasteiger charge is -2.11. The highest BCUT2D eigenvalue weighted by molar-refractivity contribution is 9.10. The molecule has 0 amide bonds. The molecule has 0 radical (unpaired) electrons. The summed E-state index contributed by atoms with van der Waals surface area (Å²) in [6.07, 6.45) is -4.62. The Hall–Kier alpha value is -1.24. The van der Waals surface area contributed by atoms with Crippen LogP contribution in [0.1, 0.15) is 10.4 Å². The van der Waals surface area contributed by atoms with Crippen molar-refractivity contribution in [2.45, 2.75) is 6.36 Å². The topological polar surface area (TPSA) is 46.5 Å². The van der Waals surface area contributed by atoms with Crippen molar-refractivity contribution in [2.24, 2.45) is 0 Å². The van der Waals surface area contributed by atoms with E-state index in [9.17, 15) is 18.0 Å². The molecule has 1 aromatic carbocycles. The van der Waals surface area contributed by atoms with Gasteiger partial charge in [-0.05, 0) is 28.1 Å². The normalized spacial score (nSPS) is 11.2. The summed E-state index contributed by atoms with van der Waals surface area (Å²) in [5.74, 6) is -1.01. The van der Waals surface area contributed by atoms with Crippen molar-refractivity contribution >= 4 is 22.2 Å². The van der Waals surface area contributed by atoms with Crippen LogP contribution in [-0.4, -0.2) is 17.8 Å². The van der Waals surface area contributed by atoms with Crippen molar-refractivity contribution in [1.82, 2.24) is 0 Å². The highest BCUT2D eigenvalue weighted by Crippen LogP contribution is 2.34.